The molecule has 4 N–H and O–H groups in total. The number of carbonyl (C=O) groups excluding carboxylic acids is 2. The maximum Gasteiger partial charge on any atom is 0.230 e. The number of hydrogen-bond acceptors (Lipinski definition) is 4. The topological polar surface area (TPSA) is 106 Å². The Kier molecular flexibility index (Phi) is 6.74. The van der Waals surface area contributed by atoms with Gasteiger partial charge in [0.05, 0.1) is 36.3 Å². The summed E-state index contributed by atoms with van der Waals surface area (Å²) in [5.41, 5.74) is 0.348. The fourth-order valence-corrected chi connectivity index (χ4v) is 1.99. The van der Waals surface area contributed by atoms with Gasteiger partial charge in [0.1, 0.15) is 6.04 Å². The summed E-state index contributed by atoms with van der Waals surface area (Å²) in [6.07, 6.45) is -0.290. The molecule has 0 heterocycles. The van der Waals surface area contributed by atoms with E-state index in [0.29, 0.717) is 10.7 Å². The predicted molar refractivity (Wildman–Crippen MR) is 72.4 cm³/mol. The average Bonchev–Trinajstić information content (AvgIpc) is 2.37. The van der Waals surface area contributed by atoms with Crippen molar-refractivity contribution in [2.45, 2.75) is 12.5 Å². The predicted octanol–water partition coefficient (Wildman–Crippen LogP) is -1.00. The number of aliphatic carboxylic acids is 1. The van der Waals surface area contributed by atoms with Crippen LogP contribution in [0.5, 0.6) is 0 Å². The Morgan fingerprint density at radius 1 is 1.40 bits per heavy atom. The van der Waals surface area contributed by atoms with Crippen LogP contribution in [0.25, 0.3) is 0 Å². The molecule has 1 aromatic rings. The van der Waals surface area contributed by atoms with Crippen molar-refractivity contribution in [2.75, 3.05) is 18.5 Å². The highest BCUT2D eigenvalue weighted by Gasteiger charge is 2.18. The summed E-state index contributed by atoms with van der Waals surface area (Å²) in [5.74, 6) is -1.88. The molecular weight excluding hydrogens is 307 g/mol. The summed E-state index contributed by atoms with van der Waals surface area (Å²) in [7, 11) is 0. The zero-order chi connectivity index (χ0) is 15.1. The van der Waals surface area contributed by atoms with Crippen molar-refractivity contribution in [3.63, 3.8) is 0 Å². The lowest BCUT2D eigenvalue weighted by molar-refractivity contribution is -0.683. The van der Waals surface area contributed by atoms with E-state index in [1.165, 1.54) is 17.4 Å². The Morgan fingerprint density at radius 3 is 2.65 bits per heavy atom. The molecule has 0 aliphatic rings. The molecule has 0 aliphatic carbocycles. The molecule has 0 unspecified atom stereocenters. The third-order valence-electron chi connectivity index (χ3n) is 2.49. The molecule has 0 aromatic heterocycles. The molecule has 1 amide bonds. The number of carbonyl (C=O) groups is 2. The number of nitrogens with two attached hydrogens (primary N) is 1. The molecule has 0 spiro atoms. The molecule has 110 valence electrons. The summed E-state index contributed by atoms with van der Waals surface area (Å²) < 4.78 is 0. The number of halogens is 2. The number of anilines is 1. The molecule has 1 aromatic carbocycles. The summed E-state index contributed by atoms with van der Waals surface area (Å²) in [4.78, 5) is 22.6. The summed E-state index contributed by atoms with van der Waals surface area (Å²) in [6, 6.07) is 3.48. The number of aliphatic hydroxyl groups excluding tert-OH is 1. The van der Waals surface area contributed by atoms with E-state index >= 15 is 0 Å². The van der Waals surface area contributed by atoms with Gasteiger partial charge in [-0.1, -0.05) is 23.2 Å². The second kappa shape index (κ2) is 8.06. The van der Waals surface area contributed by atoms with Crippen LogP contribution in [0.4, 0.5) is 5.69 Å². The number of nitrogens with one attached hydrogen (secondary N) is 1. The molecule has 6 nitrogen and oxygen atoms in total. The van der Waals surface area contributed by atoms with Crippen LogP contribution in [-0.4, -0.2) is 36.2 Å². The molecule has 20 heavy (non-hydrogen) atoms. The van der Waals surface area contributed by atoms with Gasteiger partial charge in [0.15, 0.2) is 0 Å². The van der Waals surface area contributed by atoms with E-state index in [0.717, 1.165) is 0 Å². The molecule has 0 fully saturated rings. The van der Waals surface area contributed by atoms with E-state index in [-0.39, 0.29) is 24.6 Å². The Bertz CT molecular complexity index is 496. The van der Waals surface area contributed by atoms with Crippen LogP contribution in [0.2, 0.25) is 10.0 Å². The number of rotatable bonds is 7. The van der Waals surface area contributed by atoms with Crippen molar-refractivity contribution < 1.29 is 25.1 Å². The Hall–Kier alpha value is -1.34. The number of amides is 1. The molecule has 0 saturated heterocycles. The zero-order valence-corrected chi connectivity index (χ0v) is 11.9. The van der Waals surface area contributed by atoms with Gasteiger partial charge < -0.3 is 25.6 Å². The van der Waals surface area contributed by atoms with E-state index in [4.69, 9.17) is 28.3 Å². The molecule has 1 atom stereocenters. The first-order valence-corrected chi connectivity index (χ1v) is 6.59. The number of carboxylic acid groups (broad SMARTS) is 1. The van der Waals surface area contributed by atoms with Crippen LogP contribution < -0.4 is 15.7 Å². The fourth-order valence-electron chi connectivity index (χ4n) is 1.53. The fraction of sp³-hybridized carbons (Fsp3) is 0.333. The summed E-state index contributed by atoms with van der Waals surface area (Å²) in [5, 5.41) is 24.0. The van der Waals surface area contributed by atoms with Crippen LogP contribution in [-0.2, 0) is 9.59 Å². The Labute approximate surface area is 125 Å². The molecular formula is C12H14Cl2N2O4. The first-order valence-electron chi connectivity index (χ1n) is 5.84. The van der Waals surface area contributed by atoms with Crippen LogP contribution >= 0.6 is 23.2 Å². The molecule has 0 saturated carbocycles. The van der Waals surface area contributed by atoms with Crippen molar-refractivity contribution in [2.24, 2.45) is 0 Å². The third kappa shape index (κ3) is 5.34. The second-order valence-electron chi connectivity index (χ2n) is 4.05. The van der Waals surface area contributed by atoms with Crippen LogP contribution in [0.3, 0.4) is 0 Å². The highest BCUT2D eigenvalue weighted by molar-refractivity contribution is 6.36. The third-order valence-corrected chi connectivity index (χ3v) is 3.04. The SMILES string of the molecule is O=C(C[C@@H]([NH2+]CCO)C(=O)[O-])Nc1ccc(Cl)cc1Cl. The number of aliphatic hydroxyl groups is 1. The van der Waals surface area contributed by atoms with Gasteiger partial charge in [0.25, 0.3) is 0 Å². The molecule has 1 rings (SSSR count). The van der Waals surface area contributed by atoms with Gasteiger partial charge in [-0.3, -0.25) is 4.79 Å². The lowest BCUT2D eigenvalue weighted by Gasteiger charge is -2.16. The highest BCUT2D eigenvalue weighted by Crippen LogP contribution is 2.25. The normalized spacial score (nSPS) is 11.9. The lowest BCUT2D eigenvalue weighted by Crippen LogP contribution is -2.94. The molecule has 0 bridgehead atoms. The zero-order valence-electron chi connectivity index (χ0n) is 10.4. The summed E-state index contributed by atoms with van der Waals surface area (Å²) in [6.45, 7) is -0.0119. The Balaban J connectivity index is 2.63. The molecule has 0 aliphatic heterocycles. The second-order valence-corrected chi connectivity index (χ2v) is 4.89. The minimum atomic E-state index is -1.36. The number of carboxylic acids is 1. The monoisotopic (exact) mass is 320 g/mol. The van der Waals surface area contributed by atoms with Crippen molar-refractivity contribution in [1.82, 2.24) is 0 Å². The Morgan fingerprint density at radius 2 is 2.10 bits per heavy atom. The van der Waals surface area contributed by atoms with Gasteiger partial charge in [-0.2, -0.15) is 0 Å². The van der Waals surface area contributed by atoms with E-state index in [1.807, 2.05) is 0 Å². The minimum absolute atomic E-state index is 0.174. The number of quaternary nitrogens is 1. The van der Waals surface area contributed by atoms with Gasteiger partial charge in [-0.05, 0) is 18.2 Å². The smallest absolute Gasteiger partial charge is 0.230 e. The van der Waals surface area contributed by atoms with Crippen molar-refractivity contribution in [1.29, 1.82) is 0 Å². The molecule has 8 heteroatoms. The lowest BCUT2D eigenvalue weighted by atomic mass is 10.2. The standard InChI is InChI=1S/C12H14Cl2N2O4/c13-7-1-2-9(8(14)5-7)16-11(18)6-10(12(19)20)15-3-4-17/h1-2,5,10,15,17H,3-4,6H2,(H,16,18)(H,19,20)/t10-/m1/s1. The van der Waals surface area contributed by atoms with E-state index in [9.17, 15) is 14.7 Å². The highest BCUT2D eigenvalue weighted by atomic mass is 35.5. The van der Waals surface area contributed by atoms with Crippen molar-refractivity contribution in [3.8, 4) is 0 Å². The molecule has 0 radical (unpaired) electrons. The van der Waals surface area contributed by atoms with E-state index < -0.39 is 17.9 Å². The van der Waals surface area contributed by atoms with Gasteiger partial charge in [0.2, 0.25) is 5.91 Å². The van der Waals surface area contributed by atoms with E-state index in [2.05, 4.69) is 5.32 Å². The average molecular weight is 321 g/mol. The first kappa shape index (κ1) is 16.7. The van der Waals surface area contributed by atoms with E-state index in [1.54, 1.807) is 6.07 Å². The first-order chi connectivity index (χ1) is 9.43. The maximum atomic E-state index is 11.8. The largest absolute Gasteiger partial charge is 0.544 e. The maximum absolute atomic E-state index is 11.8. The van der Waals surface area contributed by atoms with Crippen LogP contribution in [0.1, 0.15) is 6.42 Å². The number of hydrogen-bond donors (Lipinski definition) is 3. The van der Waals surface area contributed by atoms with Crippen LogP contribution in [0.15, 0.2) is 18.2 Å². The quantitative estimate of drug-likeness (QED) is 0.599. The number of benzene rings is 1. The van der Waals surface area contributed by atoms with Gasteiger partial charge in [-0.25, -0.2) is 0 Å². The van der Waals surface area contributed by atoms with Crippen LogP contribution in [0, 0.1) is 0 Å². The minimum Gasteiger partial charge on any atom is -0.544 e. The van der Waals surface area contributed by atoms with Gasteiger partial charge in [0, 0.05) is 5.02 Å². The van der Waals surface area contributed by atoms with Gasteiger partial charge >= 0.3 is 0 Å². The van der Waals surface area contributed by atoms with Crippen molar-refractivity contribution in [3.05, 3.63) is 28.2 Å². The van der Waals surface area contributed by atoms with Crippen molar-refractivity contribution >= 4 is 40.8 Å². The summed E-state index contributed by atoms with van der Waals surface area (Å²) >= 11 is 11.6. The van der Waals surface area contributed by atoms with Gasteiger partial charge in [-0.15, -0.1) is 0 Å².